The molecule has 0 aromatic carbocycles. The number of esters is 2. The van der Waals surface area contributed by atoms with Gasteiger partial charge in [-0.05, 0) is 163 Å². The Hall–Kier alpha value is -2.77. The van der Waals surface area contributed by atoms with E-state index in [0.717, 1.165) is 161 Å². The van der Waals surface area contributed by atoms with Gasteiger partial charge in [0.25, 0.3) is 0 Å². The van der Waals surface area contributed by atoms with E-state index in [9.17, 15) is 66.7 Å². The van der Waals surface area contributed by atoms with Crippen LogP contribution in [0.15, 0.2) is 0 Å². The zero-order valence-electron chi connectivity index (χ0n) is 72.0. The first-order valence-electron chi connectivity index (χ1n) is 42.2. The zero-order chi connectivity index (χ0) is 88.0. The largest absolute Gasteiger partial charge is 0.465 e. The fraction of sp³-hybridized carbons (Fsp3) is 0.975. The van der Waals surface area contributed by atoms with Gasteiger partial charge >= 0.3 is 47.7 Å². The predicted octanol–water partition coefficient (Wildman–Crippen LogP) is 15.8. The predicted molar refractivity (Wildman–Crippen MR) is 415 cm³/mol. The number of methoxy groups -OCH3 is 1. The fourth-order valence-corrected chi connectivity index (χ4v) is 9.22. The van der Waals surface area contributed by atoms with Crippen molar-refractivity contribution in [1.29, 1.82) is 0 Å². The minimum atomic E-state index is -7.94. The molecule has 0 amide bonds. The van der Waals surface area contributed by atoms with Crippen molar-refractivity contribution in [3.8, 4) is 0 Å². The number of halogens is 13. The maximum absolute atomic E-state index is 13.5. The highest BCUT2D eigenvalue weighted by Gasteiger charge is 2.90. The second kappa shape index (κ2) is 77.8. The Kier molecular flexibility index (Phi) is 77.3. The molecule has 0 aromatic rings. The summed E-state index contributed by atoms with van der Waals surface area (Å²) in [5.41, 5.74) is -1.75. The van der Waals surface area contributed by atoms with Gasteiger partial charge in [-0.15, -0.1) is 0 Å². The van der Waals surface area contributed by atoms with Crippen LogP contribution in [0.5, 0.6) is 0 Å². The Morgan fingerprint density at radius 3 is 0.500 bits per heavy atom. The van der Waals surface area contributed by atoms with E-state index in [-0.39, 0.29) is 12.4 Å². The topological polar surface area (TPSA) is 237 Å². The van der Waals surface area contributed by atoms with Crippen molar-refractivity contribution in [3.63, 3.8) is 0 Å². The molecule has 0 N–H and O–H groups in total. The monoisotopic (exact) mass is 1750 g/mol. The van der Waals surface area contributed by atoms with Gasteiger partial charge in [0.2, 0.25) is 0 Å². The first-order chi connectivity index (χ1) is 56.5. The van der Waals surface area contributed by atoms with Gasteiger partial charge in [0.1, 0.15) is 0 Å². The summed E-state index contributed by atoms with van der Waals surface area (Å²) in [4.78, 5) is 23.4. The number of carbonyl (C=O) groups is 2. The van der Waals surface area contributed by atoms with Crippen molar-refractivity contribution in [3.05, 3.63) is 0 Å². The molecule has 37 heteroatoms. The smallest absolute Gasteiger partial charge is 0.460 e. The second-order valence-electron chi connectivity index (χ2n) is 28.7. The third-order valence-corrected chi connectivity index (χ3v) is 17.2. The van der Waals surface area contributed by atoms with Crippen LogP contribution >= 0.6 is 0 Å². The van der Waals surface area contributed by atoms with Gasteiger partial charge < -0.3 is 104 Å². The number of carbonyl (C=O) groups excluding carboxylic acids is 2. The van der Waals surface area contributed by atoms with Crippen LogP contribution in [-0.4, -0.2) is 326 Å². The van der Waals surface area contributed by atoms with Gasteiger partial charge in [-0.2, -0.15) is 57.1 Å². The summed E-state index contributed by atoms with van der Waals surface area (Å²) in [5, 5.41) is 0. The van der Waals surface area contributed by atoms with Gasteiger partial charge in [0, 0.05) is 271 Å². The lowest BCUT2D eigenvalue weighted by Gasteiger charge is -2.39. The highest BCUT2D eigenvalue weighted by molar-refractivity contribution is 5.76. The molecular weight excluding hydrogens is 1600 g/mol. The molecule has 0 heterocycles. The van der Waals surface area contributed by atoms with Crippen LogP contribution in [0, 0.1) is 10.8 Å². The third kappa shape index (κ3) is 64.0. The van der Waals surface area contributed by atoms with Crippen LogP contribution < -0.4 is 0 Å². The van der Waals surface area contributed by atoms with Crippen LogP contribution in [0.25, 0.3) is 0 Å². The Bertz CT molecular complexity index is 2190. The highest BCUT2D eigenvalue weighted by atomic mass is 19.4. The molecule has 0 fully saturated rings. The lowest BCUT2D eigenvalue weighted by molar-refractivity contribution is -0.440. The quantitative estimate of drug-likeness (QED) is 0.0312. The number of hydrogen-bond donors (Lipinski definition) is 0. The molecule has 0 aliphatic carbocycles. The summed E-state index contributed by atoms with van der Waals surface area (Å²) < 4.78 is 290. The second-order valence-corrected chi connectivity index (χ2v) is 28.7. The molecule has 0 bridgehead atoms. The first kappa shape index (κ1) is 117. The summed E-state index contributed by atoms with van der Waals surface area (Å²) in [6, 6.07) is 0. The van der Waals surface area contributed by atoms with E-state index in [0.29, 0.717) is 238 Å². The van der Waals surface area contributed by atoms with Crippen molar-refractivity contribution in [2.45, 2.75) is 225 Å². The standard InChI is InChI=1S/C67H134O22.C14H15F13O2/c1-5-67(2,3)66(68)89-65-25-64-88-63-24-62-87-61-23-60-86-59-22-58-85-57-21-56-84-55-20-54-83-53-19-52-82-51-18-50-81-49-17-48-80-47-16-46-79-45-15-44-78-43-14-42-77-41-13-40-76-39-12-38-75-37-11-36-74-35-10-34-73-33-9-32-72-31-8-30-71-29-7-28-70-27-6-26-69-4;1-4-8(2,3)7(28)29-6-5-9(15,16)10(17,18)11(19,20)12(21,22)13(23,24)14(25,26)27/h5-65H2,1-4H3;4-6H2,1-3H3. The first-order valence-corrected chi connectivity index (χ1v) is 42.2. The van der Waals surface area contributed by atoms with Crippen LogP contribution in [0.4, 0.5) is 57.1 Å². The third-order valence-electron chi connectivity index (χ3n) is 17.2. The molecule has 0 rings (SSSR count). The number of ether oxygens (including phenoxy) is 22. The van der Waals surface area contributed by atoms with Crippen molar-refractivity contribution < 1.29 is 171 Å². The maximum Gasteiger partial charge on any atom is 0.460 e. The molecule has 0 aliphatic heterocycles. The zero-order valence-corrected chi connectivity index (χ0v) is 72.0. The van der Waals surface area contributed by atoms with E-state index < -0.39 is 65.6 Å². The average Bonchev–Trinajstić information content (AvgIpc) is 0.712. The van der Waals surface area contributed by atoms with Crippen LogP contribution in [-0.2, 0) is 114 Å². The van der Waals surface area contributed by atoms with Crippen molar-refractivity contribution in [2.75, 3.05) is 278 Å². The number of hydrogen-bond acceptors (Lipinski definition) is 24. The molecule has 0 unspecified atom stereocenters. The number of alkyl halides is 13. The van der Waals surface area contributed by atoms with E-state index in [1.807, 2.05) is 20.8 Å². The molecule has 0 spiro atoms. The molecule has 0 atom stereocenters. The Labute approximate surface area is 694 Å². The fourth-order valence-electron chi connectivity index (χ4n) is 9.22. The van der Waals surface area contributed by atoms with E-state index in [2.05, 4.69) is 4.74 Å². The van der Waals surface area contributed by atoms with Gasteiger partial charge in [0.05, 0.1) is 30.5 Å². The van der Waals surface area contributed by atoms with Crippen LogP contribution in [0.2, 0.25) is 0 Å². The summed E-state index contributed by atoms with van der Waals surface area (Å²) >= 11 is 0. The molecule has 0 saturated heterocycles. The molecule has 24 nitrogen and oxygen atoms in total. The number of rotatable bonds is 91. The van der Waals surface area contributed by atoms with Crippen molar-refractivity contribution in [2.24, 2.45) is 10.8 Å². The van der Waals surface area contributed by atoms with E-state index >= 15 is 0 Å². The summed E-state index contributed by atoms with van der Waals surface area (Å²) in [6.07, 6.45) is 8.37. The molecular formula is C81H149F13O24. The van der Waals surface area contributed by atoms with Gasteiger partial charge in [-0.1, -0.05) is 13.8 Å². The maximum atomic E-state index is 13.5. The Morgan fingerprint density at radius 2 is 0.347 bits per heavy atom. The average molecular weight is 1750 g/mol. The molecule has 0 aliphatic rings. The van der Waals surface area contributed by atoms with Crippen molar-refractivity contribution >= 4 is 11.9 Å². The lowest BCUT2D eigenvalue weighted by Crippen LogP contribution is -2.70. The molecule has 0 radical (unpaired) electrons. The lowest BCUT2D eigenvalue weighted by atomic mass is 9.90. The summed E-state index contributed by atoms with van der Waals surface area (Å²) in [7, 11) is 1.71. The SMILES string of the molecule is CCC(C)(C)C(=O)OCCC(F)(F)C(F)(F)C(F)(F)C(F)(F)C(F)(F)C(F)(F)F.CCC(C)(C)C(=O)OCCCOCCCOCCCOCCCOCCCOCCCOCCCOCCCOCCCOCCCOCCCOCCCOCCCOCCCOCCCOCCCOCCCOCCCOCCCOCCCOC. The highest BCUT2D eigenvalue weighted by Crippen LogP contribution is 2.60. The molecule has 0 aromatic heterocycles. The minimum absolute atomic E-state index is 0.0508. The Morgan fingerprint density at radius 1 is 0.203 bits per heavy atom. The van der Waals surface area contributed by atoms with Crippen molar-refractivity contribution in [1.82, 2.24) is 0 Å². The minimum Gasteiger partial charge on any atom is -0.465 e. The van der Waals surface area contributed by atoms with Crippen LogP contribution in [0.3, 0.4) is 0 Å². The van der Waals surface area contributed by atoms with E-state index in [1.54, 1.807) is 7.11 Å². The molecule has 118 heavy (non-hydrogen) atoms. The molecule has 0 saturated carbocycles. The van der Waals surface area contributed by atoms with Gasteiger partial charge in [0.15, 0.2) is 0 Å². The normalized spacial score (nSPS) is 12.8. The van der Waals surface area contributed by atoms with Crippen LogP contribution in [0.1, 0.15) is 189 Å². The summed E-state index contributed by atoms with van der Waals surface area (Å²) in [6.45, 7) is 35.5. The van der Waals surface area contributed by atoms with Gasteiger partial charge in [-0.25, -0.2) is 0 Å². The molecule has 708 valence electrons. The Balaban J connectivity index is 0. The van der Waals surface area contributed by atoms with Gasteiger partial charge in [-0.3, -0.25) is 9.59 Å². The van der Waals surface area contributed by atoms with E-state index in [4.69, 9.17) is 99.5 Å². The summed E-state index contributed by atoms with van der Waals surface area (Å²) in [5.74, 6) is -38.6. The van der Waals surface area contributed by atoms with E-state index in [1.165, 1.54) is 20.8 Å².